The van der Waals surface area contributed by atoms with Crippen LogP contribution < -0.4 is 5.32 Å². The molecule has 0 saturated carbocycles. The van der Waals surface area contributed by atoms with Crippen LogP contribution in [0.3, 0.4) is 0 Å². The van der Waals surface area contributed by atoms with Crippen molar-refractivity contribution in [2.24, 2.45) is 0 Å². The number of halogens is 3. The molecule has 0 aliphatic heterocycles. The molecule has 0 saturated heterocycles. The number of aliphatic hydroxyl groups is 2. The molecule has 3 nitrogen and oxygen atoms in total. The molecule has 0 aliphatic rings. The molecular formula is C14H20F3NO2. The molecule has 0 fully saturated rings. The van der Waals surface area contributed by atoms with Crippen molar-refractivity contribution in [2.45, 2.75) is 44.7 Å². The zero-order chi connectivity index (χ0) is 15.3. The van der Waals surface area contributed by atoms with Gasteiger partial charge in [0.2, 0.25) is 0 Å². The average Bonchev–Trinajstić information content (AvgIpc) is 2.34. The predicted octanol–water partition coefficient (Wildman–Crippen LogP) is 2.49. The van der Waals surface area contributed by atoms with Gasteiger partial charge in [0, 0.05) is 12.6 Å². The molecule has 0 amide bonds. The van der Waals surface area contributed by atoms with Crippen LogP contribution in [-0.2, 0) is 6.18 Å². The molecule has 6 heteroatoms. The van der Waals surface area contributed by atoms with E-state index in [1.54, 1.807) is 6.92 Å². The van der Waals surface area contributed by atoms with Gasteiger partial charge in [0.15, 0.2) is 0 Å². The fourth-order valence-corrected chi connectivity index (χ4v) is 1.95. The Hall–Kier alpha value is -1.11. The van der Waals surface area contributed by atoms with E-state index in [-0.39, 0.29) is 18.2 Å². The maximum absolute atomic E-state index is 12.6. The molecule has 0 aromatic heterocycles. The molecule has 20 heavy (non-hydrogen) atoms. The van der Waals surface area contributed by atoms with Crippen LogP contribution in [0.4, 0.5) is 13.2 Å². The number of nitrogens with one attached hydrogen (secondary N) is 1. The molecule has 0 bridgehead atoms. The third-order valence-corrected chi connectivity index (χ3v) is 2.95. The largest absolute Gasteiger partial charge is 0.416 e. The molecule has 3 atom stereocenters. The summed E-state index contributed by atoms with van der Waals surface area (Å²) < 4.78 is 37.7. The lowest BCUT2D eigenvalue weighted by atomic mass is 10.0. The van der Waals surface area contributed by atoms with Gasteiger partial charge < -0.3 is 15.5 Å². The van der Waals surface area contributed by atoms with E-state index >= 15 is 0 Å². The standard InChI is InChI=1S/C14H20F3NO2/c1-9(6-10(2)19)18-8-13(20)11-4-3-5-12(7-11)14(15,16)17/h3-5,7,9-10,13,18-20H,6,8H2,1-2H3. The van der Waals surface area contributed by atoms with Gasteiger partial charge in [0.05, 0.1) is 17.8 Å². The number of alkyl halides is 3. The minimum Gasteiger partial charge on any atom is -0.393 e. The maximum Gasteiger partial charge on any atom is 0.416 e. The molecule has 1 rings (SSSR count). The highest BCUT2D eigenvalue weighted by molar-refractivity contribution is 5.27. The van der Waals surface area contributed by atoms with E-state index in [4.69, 9.17) is 0 Å². The zero-order valence-electron chi connectivity index (χ0n) is 11.5. The first-order valence-electron chi connectivity index (χ1n) is 6.47. The summed E-state index contributed by atoms with van der Waals surface area (Å²) in [5, 5.41) is 22.1. The summed E-state index contributed by atoms with van der Waals surface area (Å²) in [6.45, 7) is 3.63. The predicted molar refractivity (Wildman–Crippen MR) is 70.2 cm³/mol. The second kappa shape index (κ2) is 7.06. The van der Waals surface area contributed by atoms with Crippen LogP contribution in [0.15, 0.2) is 24.3 Å². The van der Waals surface area contributed by atoms with Crippen LogP contribution in [0.5, 0.6) is 0 Å². The highest BCUT2D eigenvalue weighted by atomic mass is 19.4. The Morgan fingerprint density at radius 2 is 1.85 bits per heavy atom. The Morgan fingerprint density at radius 1 is 1.20 bits per heavy atom. The fourth-order valence-electron chi connectivity index (χ4n) is 1.95. The number of aliphatic hydroxyl groups excluding tert-OH is 2. The van der Waals surface area contributed by atoms with Crippen molar-refractivity contribution in [1.82, 2.24) is 5.32 Å². The summed E-state index contributed by atoms with van der Waals surface area (Å²) in [7, 11) is 0. The first-order chi connectivity index (χ1) is 9.20. The lowest BCUT2D eigenvalue weighted by Gasteiger charge is -2.19. The molecule has 0 radical (unpaired) electrons. The fraction of sp³-hybridized carbons (Fsp3) is 0.571. The van der Waals surface area contributed by atoms with Crippen LogP contribution in [-0.4, -0.2) is 28.9 Å². The molecule has 114 valence electrons. The number of rotatable bonds is 6. The molecular weight excluding hydrogens is 271 g/mol. The van der Waals surface area contributed by atoms with Crippen molar-refractivity contribution in [1.29, 1.82) is 0 Å². The third-order valence-electron chi connectivity index (χ3n) is 2.95. The van der Waals surface area contributed by atoms with Gasteiger partial charge in [0.1, 0.15) is 0 Å². The van der Waals surface area contributed by atoms with Crippen LogP contribution in [0.1, 0.15) is 37.5 Å². The zero-order valence-corrected chi connectivity index (χ0v) is 11.5. The van der Waals surface area contributed by atoms with Crippen molar-refractivity contribution in [3.63, 3.8) is 0 Å². The smallest absolute Gasteiger partial charge is 0.393 e. The first-order valence-corrected chi connectivity index (χ1v) is 6.47. The second-order valence-electron chi connectivity index (χ2n) is 5.03. The Kier molecular flexibility index (Phi) is 5.98. The minimum absolute atomic E-state index is 0.0320. The van der Waals surface area contributed by atoms with Crippen LogP contribution in [0.2, 0.25) is 0 Å². The molecule has 0 aliphatic carbocycles. The van der Waals surface area contributed by atoms with E-state index in [0.29, 0.717) is 6.42 Å². The quantitative estimate of drug-likeness (QED) is 0.755. The SMILES string of the molecule is CC(O)CC(C)NCC(O)c1cccc(C(F)(F)F)c1. The average molecular weight is 291 g/mol. The van der Waals surface area contributed by atoms with E-state index < -0.39 is 23.9 Å². The summed E-state index contributed by atoms with van der Waals surface area (Å²) in [4.78, 5) is 0. The number of hydrogen-bond donors (Lipinski definition) is 3. The maximum atomic E-state index is 12.6. The summed E-state index contributed by atoms with van der Waals surface area (Å²) in [5.74, 6) is 0. The summed E-state index contributed by atoms with van der Waals surface area (Å²) >= 11 is 0. The van der Waals surface area contributed by atoms with Gasteiger partial charge in [-0.05, 0) is 38.0 Å². The van der Waals surface area contributed by atoms with Crippen molar-refractivity contribution in [2.75, 3.05) is 6.54 Å². The summed E-state index contributed by atoms with van der Waals surface area (Å²) in [5.41, 5.74) is -0.553. The van der Waals surface area contributed by atoms with Crippen molar-refractivity contribution >= 4 is 0 Å². The van der Waals surface area contributed by atoms with E-state index in [0.717, 1.165) is 12.1 Å². The van der Waals surface area contributed by atoms with E-state index in [9.17, 15) is 23.4 Å². The third kappa shape index (κ3) is 5.48. The Bertz CT molecular complexity index is 421. The normalized spacial score (nSPS) is 16.8. The number of hydrogen-bond acceptors (Lipinski definition) is 3. The van der Waals surface area contributed by atoms with E-state index in [1.165, 1.54) is 12.1 Å². The molecule has 3 N–H and O–H groups in total. The van der Waals surface area contributed by atoms with Gasteiger partial charge in [-0.1, -0.05) is 12.1 Å². The van der Waals surface area contributed by atoms with Gasteiger partial charge in [-0.25, -0.2) is 0 Å². The van der Waals surface area contributed by atoms with Crippen LogP contribution >= 0.6 is 0 Å². The summed E-state index contributed by atoms with van der Waals surface area (Å²) in [6, 6.07) is 4.63. The van der Waals surface area contributed by atoms with Gasteiger partial charge in [0.25, 0.3) is 0 Å². The molecule has 3 unspecified atom stereocenters. The first kappa shape index (κ1) is 16.9. The molecule has 0 spiro atoms. The van der Waals surface area contributed by atoms with Crippen LogP contribution in [0.25, 0.3) is 0 Å². The van der Waals surface area contributed by atoms with Gasteiger partial charge in [-0.15, -0.1) is 0 Å². The van der Waals surface area contributed by atoms with Crippen molar-refractivity contribution < 1.29 is 23.4 Å². The molecule has 1 aromatic carbocycles. The second-order valence-corrected chi connectivity index (χ2v) is 5.03. The topological polar surface area (TPSA) is 52.5 Å². The highest BCUT2D eigenvalue weighted by Gasteiger charge is 2.30. The Balaban J connectivity index is 2.62. The van der Waals surface area contributed by atoms with E-state index in [2.05, 4.69) is 5.32 Å². The Morgan fingerprint density at radius 3 is 2.40 bits per heavy atom. The summed E-state index contributed by atoms with van der Waals surface area (Å²) in [6.07, 6.45) is -5.39. The lowest BCUT2D eigenvalue weighted by molar-refractivity contribution is -0.137. The molecule has 0 heterocycles. The number of benzene rings is 1. The van der Waals surface area contributed by atoms with Crippen molar-refractivity contribution in [3.05, 3.63) is 35.4 Å². The lowest BCUT2D eigenvalue weighted by Crippen LogP contribution is -2.32. The van der Waals surface area contributed by atoms with Crippen LogP contribution in [0, 0.1) is 0 Å². The van der Waals surface area contributed by atoms with E-state index in [1.807, 2.05) is 6.92 Å². The van der Waals surface area contributed by atoms with Gasteiger partial charge in [-0.3, -0.25) is 0 Å². The van der Waals surface area contributed by atoms with Crippen molar-refractivity contribution in [3.8, 4) is 0 Å². The molecule has 1 aromatic rings. The highest BCUT2D eigenvalue weighted by Crippen LogP contribution is 2.30. The Labute approximate surface area is 116 Å². The van der Waals surface area contributed by atoms with Gasteiger partial charge in [-0.2, -0.15) is 13.2 Å². The monoisotopic (exact) mass is 291 g/mol. The minimum atomic E-state index is -4.41. The van der Waals surface area contributed by atoms with Gasteiger partial charge >= 0.3 is 6.18 Å².